The van der Waals surface area contributed by atoms with E-state index in [2.05, 4.69) is 6.07 Å². The van der Waals surface area contributed by atoms with Crippen molar-refractivity contribution < 1.29 is 9.59 Å². The first-order valence-corrected chi connectivity index (χ1v) is 9.94. The number of nitriles is 1. The molecule has 0 atom stereocenters. The molecule has 5 nitrogen and oxygen atoms in total. The number of piperazine rings is 1. The summed E-state index contributed by atoms with van der Waals surface area (Å²) in [5.41, 5.74) is 1.30. The highest BCUT2D eigenvalue weighted by Crippen LogP contribution is 2.25. The Bertz CT molecular complexity index is 734. The van der Waals surface area contributed by atoms with Crippen LogP contribution >= 0.6 is 0 Å². The minimum absolute atomic E-state index is 0.0655. The zero-order chi connectivity index (χ0) is 19.1. The molecule has 0 spiro atoms. The van der Waals surface area contributed by atoms with Gasteiger partial charge in [0.15, 0.2) is 0 Å². The van der Waals surface area contributed by atoms with Crippen molar-refractivity contribution in [3.05, 3.63) is 41.5 Å². The molecule has 0 aromatic heterocycles. The minimum Gasteiger partial charge on any atom is -0.339 e. The number of nitrogens with zero attached hydrogens (tertiary/aromatic N) is 3. The molecule has 0 N–H and O–H groups in total. The number of benzene rings is 1. The van der Waals surface area contributed by atoms with Gasteiger partial charge in [0, 0.05) is 38.2 Å². The van der Waals surface area contributed by atoms with E-state index < -0.39 is 0 Å². The minimum atomic E-state index is -0.0655. The molecule has 0 radical (unpaired) electrons. The number of carbonyl (C=O) groups excluding carboxylic acids is 2. The van der Waals surface area contributed by atoms with Crippen LogP contribution in [0, 0.1) is 17.2 Å². The van der Waals surface area contributed by atoms with Gasteiger partial charge in [-0.2, -0.15) is 5.26 Å². The molecule has 3 rings (SSSR count). The van der Waals surface area contributed by atoms with Crippen molar-refractivity contribution >= 4 is 17.9 Å². The Morgan fingerprint density at radius 1 is 0.963 bits per heavy atom. The molecule has 5 heteroatoms. The monoisotopic (exact) mass is 365 g/mol. The van der Waals surface area contributed by atoms with E-state index in [9.17, 15) is 9.59 Å². The van der Waals surface area contributed by atoms with Gasteiger partial charge in [0.1, 0.15) is 0 Å². The average Bonchev–Trinajstić information content (AvgIpc) is 3.01. The Balaban J connectivity index is 1.52. The summed E-state index contributed by atoms with van der Waals surface area (Å²) in [4.78, 5) is 28.9. The van der Waals surface area contributed by atoms with Gasteiger partial charge >= 0.3 is 0 Å². The van der Waals surface area contributed by atoms with Crippen LogP contribution in [0.2, 0.25) is 0 Å². The second-order valence-corrected chi connectivity index (χ2v) is 7.37. The number of carbonyl (C=O) groups is 2. The summed E-state index contributed by atoms with van der Waals surface area (Å²) in [5, 5.41) is 9.12. The molecule has 1 aromatic carbocycles. The standard InChI is InChI=1S/C22H27N3O2/c23-17-20-10-6-5-7-18(20)11-12-21(26)24-13-15-25(16-14-24)22(27)19-8-3-1-2-4-9-19/h5-7,10-12,19H,1-4,8-9,13-16H2/b12-11+. The van der Waals surface area contributed by atoms with Gasteiger partial charge in [0.2, 0.25) is 11.8 Å². The van der Waals surface area contributed by atoms with Crippen molar-refractivity contribution in [2.24, 2.45) is 5.92 Å². The molecule has 0 bridgehead atoms. The van der Waals surface area contributed by atoms with Crippen LogP contribution < -0.4 is 0 Å². The lowest BCUT2D eigenvalue weighted by atomic mass is 9.98. The molecular weight excluding hydrogens is 338 g/mol. The molecule has 1 aliphatic heterocycles. The molecule has 27 heavy (non-hydrogen) atoms. The lowest BCUT2D eigenvalue weighted by molar-refractivity contribution is -0.140. The maximum atomic E-state index is 12.7. The topological polar surface area (TPSA) is 64.4 Å². The molecule has 2 fully saturated rings. The molecule has 1 saturated carbocycles. The predicted octanol–water partition coefficient (Wildman–Crippen LogP) is 3.21. The van der Waals surface area contributed by atoms with Gasteiger partial charge in [-0.15, -0.1) is 0 Å². The van der Waals surface area contributed by atoms with Gasteiger partial charge < -0.3 is 9.80 Å². The van der Waals surface area contributed by atoms with E-state index >= 15 is 0 Å². The van der Waals surface area contributed by atoms with Gasteiger partial charge in [-0.25, -0.2) is 0 Å². The van der Waals surface area contributed by atoms with Crippen LogP contribution in [-0.2, 0) is 9.59 Å². The highest BCUT2D eigenvalue weighted by atomic mass is 16.2. The SMILES string of the molecule is N#Cc1ccccc1/C=C/C(=O)N1CCN(C(=O)C2CCCCCC2)CC1. The third kappa shape index (κ3) is 4.97. The van der Waals surface area contributed by atoms with E-state index in [-0.39, 0.29) is 17.7 Å². The summed E-state index contributed by atoms with van der Waals surface area (Å²) in [6.07, 6.45) is 10.1. The van der Waals surface area contributed by atoms with Crippen LogP contribution in [0.1, 0.15) is 49.7 Å². The first kappa shape index (κ1) is 19.2. The molecule has 1 heterocycles. The van der Waals surface area contributed by atoms with Crippen LogP contribution in [0.25, 0.3) is 6.08 Å². The van der Waals surface area contributed by atoms with Gasteiger partial charge in [0.25, 0.3) is 0 Å². The van der Waals surface area contributed by atoms with Crippen LogP contribution in [-0.4, -0.2) is 47.8 Å². The van der Waals surface area contributed by atoms with Crippen LogP contribution in [0.4, 0.5) is 0 Å². The highest BCUT2D eigenvalue weighted by molar-refractivity contribution is 5.92. The summed E-state index contributed by atoms with van der Waals surface area (Å²) in [6.45, 7) is 2.37. The fourth-order valence-corrected chi connectivity index (χ4v) is 3.94. The molecule has 2 aliphatic rings. The van der Waals surface area contributed by atoms with Crippen molar-refractivity contribution in [1.82, 2.24) is 9.80 Å². The largest absolute Gasteiger partial charge is 0.339 e. The Labute approximate surface area is 161 Å². The van der Waals surface area contributed by atoms with Gasteiger partial charge in [-0.05, 0) is 30.5 Å². The normalized spacial score (nSPS) is 18.9. The van der Waals surface area contributed by atoms with E-state index in [0.717, 1.165) is 31.2 Å². The first-order chi connectivity index (χ1) is 13.2. The van der Waals surface area contributed by atoms with Crippen LogP contribution in [0.3, 0.4) is 0 Å². The van der Waals surface area contributed by atoms with Crippen molar-refractivity contribution in [2.45, 2.75) is 38.5 Å². The van der Waals surface area contributed by atoms with E-state index in [0.29, 0.717) is 31.7 Å². The first-order valence-electron chi connectivity index (χ1n) is 9.94. The third-order valence-corrected chi connectivity index (χ3v) is 5.59. The van der Waals surface area contributed by atoms with Crippen molar-refractivity contribution in [2.75, 3.05) is 26.2 Å². The second kappa shape index (κ2) is 9.36. The Morgan fingerprint density at radius 2 is 1.59 bits per heavy atom. The van der Waals surface area contributed by atoms with Crippen LogP contribution in [0.15, 0.2) is 30.3 Å². The van der Waals surface area contributed by atoms with E-state index in [1.54, 1.807) is 17.0 Å². The number of rotatable bonds is 3. The molecule has 1 aromatic rings. The lowest BCUT2D eigenvalue weighted by Crippen LogP contribution is -2.51. The van der Waals surface area contributed by atoms with Gasteiger partial charge in [-0.3, -0.25) is 9.59 Å². The Hall–Kier alpha value is -2.61. The van der Waals surface area contributed by atoms with Crippen LogP contribution in [0.5, 0.6) is 0 Å². The molecule has 1 saturated heterocycles. The maximum Gasteiger partial charge on any atom is 0.246 e. The summed E-state index contributed by atoms with van der Waals surface area (Å²) >= 11 is 0. The summed E-state index contributed by atoms with van der Waals surface area (Å²) in [5.74, 6) is 0.393. The summed E-state index contributed by atoms with van der Waals surface area (Å²) in [7, 11) is 0. The zero-order valence-electron chi connectivity index (χ0n) is 15.8. The smallest absolute Gasteiger partial charge is 0.246 e. The number of hydrogen-bond acceptors (Lipinski definition) is 3. The molecular formula is C22H27N3O2. The second-order valence-electron chi connectivity index (χ2n) is 7.37. The van der Waals surface area contributed by atoms with E-state index in [1.807, 2.05) is 23.1 Å². The number of hydrogen-bond donors (Lipinski definition) is 0. The molecule has 0 unspecified atom stereocenters. The highest BCUT2D eigenvalue weighted by Gasteiger charge is 2.28. The average molecular weight is 365 g/mol. The van der Waals surface area contributed by atoms with Gasteiger partial charge in [-0.1, -0.05) is 43.9 Å². The fraction of sp³-hybridized carbons (Fsp3) is 0.500. The molecule has 142 valence electrons. The third-order valence-electron chi connectivity index (χ3n) is 5.59. The van der Waals surface area contributed by atoms with Crippen molar-refractivity contribution in [3.63, 3.8) is 0 Å². The maximum absolute atomic E-state index is 12.7. The van der Waals surface area contributed by atoms with E-state index in [4.69, 9.17) is 5.26 Å². The van der Waals surface area contributed by atoms with Gasteiger partial charge in [0.05, 0.1) is 11.6 Å². The van der Waals surface area contributed by atoms with E-state index in [1.165, 1.54) is 18.9 Å². The summed E-state index contributed by atoms with van der Waals surface area (Å²) < 4.78 is 0. The predicted molar refractivity (Wildman–Crippen MR) is 105 cm³/mol. The van der Waals surface area contributed by atoms with Crippen molar-refractivity contribution in [1.29, 1.82) is 5.26 Å². The Kier molecular flexibility index (Phi) is 6.64. The zero-order valence-corrected chi connectivity index (χ0v) is 15.8. The quantitative estimate of drug-likeness (QED) is 0.610. The van der Waals surface area contributed by atoms with Crippen molar-refractivity contribution in [3.8, 4) is 6.07 Å². The lowest BCUT2D eigenvalue weighted by Gasteiger charge is -2.36. The Morgan fingerprint density at radius 3 is 2.26 bits per heavy atom. The number of amides is 2. The molecule has 1 aliphatic carbocycles. The fourth-order valence-electron chi connectivity index (χ4n) is 3.94. The summed E-state index contributed by atoms with van der Waals surface area (Å²) in [6, 6.07) is 9.35. The molecule has 2 amide bonds.